The molecule has 3 nitrogen and oxygen atoms in total. The van der Waals surface area contributed by atoms with Crippen molar-refractivity contribution in [2.45, 2.75) is 0 Å². The first-order valence-electron chi connectivity index (χ1n) is 22.3. The van der Waals surface area contributed by atoms with E-state index in [1.54, 1.807) is 0 Å². The van der Waals surface area contributed by atoms with Gasteiger partial charge in [-0.2, -0.15) is 0 Å². The van der Waals surface area contributed by atoms with Gasteiger partial charge in [-0.05, 0) is 51.1 Å². The van der Waals surface area contributed by atoms with E-state index in [4.69, 9.17) is 15.0 Å². The van der Waals surface area contributed by atoms with E-state index in [-0.39, 0.29) is 0 Å². The third-order valence-electron chi connectivity index (χ3n) is 12.1. The summed E-state index contributed by atoms with van der Waals surface area (Å²) in [7, 11) is 0. The SMILES string of the molecule is c1ccc(-c2ccc(-c3cc(-c4ccc(-c5ccccc5)cc4)nc(-c4cccc(-c5c(-c6ccccc6)c(-c6ccccc6)nc(-c6ccccc6)c5-c5ccccc5)c4)n3)cc2)cc1. The minimum Gasteiger partial charge on any atom is -0.246 e. The first kappa shape index (κ1) is 40.0. The summed E-state index contributed by atoms with van der Waals surface area (Å²) in [5, 5.41) is 0. The Morgan fingerprint density at radius 2 is 0.485 bits per heavy atom. The fraction of sp³-hybridized carbons (Fsp3) is 0. The zero-order valence-corrected chi connectivity index (χ0v) is 36.2. The van der Waals surface area contributed by atoms with Gasteiger partial charge in [-0.25, -0.2) is 15.0 Å². The summed E-state index contributed by atoms with van der Waals surface area (Å²) in [5.74, 6) is 0.645. The van der Waals surface area contributed by atoms with E-state index in [0.717, 1.165) is 95.1 Å². The van der Waals surface area contributed by atoms with Crippen molar-refractivity contribution in [3.05, 3.63) is 261 Å². The monoisotopic (exact) mass is 841 g/mol. The van der Waals surface area contributed by atoms with Crippen LogP contribution in [0.15, 0.2) is 261 Å². The molecule has 2 aromatic heterocycles. The van der Waals surface area contributed by atoms with Crippen LogP contribution in [0.2, 0.25) is 0 Å². The molecule has 0 amide bonds. The Morgan fingerprint density at radius 1 is 0.182 bits per heavy atom. The van der Waals surface area contributed by atoms with Crippen LogP contribution in [0, 0.1) is 0 Å². The van der Waals surface area contributed by atoms with Gasteiger partial charge in [0.05, 0.1) is 22.8 Å². The standard InChI is InChI=1S/C63H43N3/c1-7-20-44(21-8-1)46-34-38-48(39-35-46)56-43-57(49-40-36-47(37-41-49)45-22-9-2-10-23-45)65-63(64-56)55-33-19-32-54(42-55)58-59(50-24-11-3-12-25-50)61(52-28-15-5-16-29-52)66-62(53-30-17-6-18-31-53)60(58)51-26-13-4-14-27-51/h1-43H. The van der Waals surface area contributed by atoms with Crippen LogP contribution < -0.4 is 0 Å². The van der Waals surface area contributed by atoms with Crippen LogP contribution in [0.3, 0.4) is 0 Å². The smallest absolute Gasteiger partial charge is 0.160 e. The van der Waals surface area contributed by atoms with Gasteiger partial charge in [0.2, 0.25) is 0 Å². The van der Waals surface area contributed by atoms with E-state index < -0.39 is 0 Å². The first-order chi connectivity index (χ1) is 32.7. The molecule has 0 radical (unpaired) electrons. The van der Waals surface area contributed by atoms with Gasteiger partial charge in [0.15, 0.2) is 5.82 Å². The van der Waals surface area contributed by atoms with Gasteiger partial charge < -0.3 is 0 Å². The average molecular weight is 842 g/mol. The van der Waals surface area contributed by atoms with Crippen LogP contribution in [0.25, 0.3) is 112 Å². The number of aromatic nitrogens is 3. The van der Waals surface area contributed by atoms with Gasteiger partial charge in [0, 0.05) is 44.5 Å². The summed E-state index contributed by atoms with van der Waals surface area (Å²) in [6, 6.07) is 91.7. The van der Waals surface area contributed by atoms with Gasteiger partial charge in [0.1, 0.15) is 0 Å². The summed E-state index contributed by atoms with van der Waals surface area (Å²) in [5.41, 5.74) is 19.6. The van der Waals surface area contributed by atoms with Crippen LogP contribution in [0.4, 0.5) is 0 Å². The molecule has 0 fully saturated rings. The molecule has 11 aromatic rings. The predicted molar refractivity (Wildman–Crippen MR) is 274 cm³/mol. The van der Waals surface area contributed by atoms with E-state index in [0.29, 0.717) is 5.82 Å². The summed E-state index contributed by atoms with van der Waals surface area (Å²) in [4.78, 5) is 16.4. The van der Waals surface area contributed by atoms with Gasteiger partial charge >= 0.3 is 0 Å². The third-order valence-corrected chi connectivity index (χ3v) is 12.1. The minimum absolute atomic E-state index is 0.645. The van der Waals surface area contributed by atoms with Crippen molar-refractivity contribution in [2.24, 2.45) is 0 Å². The van der Waals surface area contributed by atoms with Crippen LogP contribution in [-0.2, 0) is 0 Å². The van der Waals surface area contributed by atoms with Crippen LogP contribution in [0.1, 0.15) is 0 Å². The maximum absolute atomic E-state index is 5.65. The molecule has 0 saturated carbocycles. The van der Waals surface area contributed by atoms with Crippen molar-refractivity contribution < 1.29 is 0 Å². The minimum atomic E-state index is 0.645. The largest absolute Gasteiger partial charge is 0.246 e. The molecule has 0 aliphatic rings. The number of hydrogen-bond donors (Lipinski definition) is 0. The number of nitrogens with zero attached hydrogens (tertiary/aromatic N) is 3. The highest BCUT2D eigenvalue weighted by Crippen LogP contribution is 2.49. The van der Waals surface area contributed by atoms with E-state index >= 15 is 0 Å². The van der Waals surface area contributed by atoms with Crippen molar-refractivity contribution in [3.63, 3.8) is 0 Å². The van der Waals surface area contributed by atoms with Crippen molar-refractivity contribution in [1.29, 1.82) is 0 Å². The fourth-order valence-corrected chi connectivity index (χ4v) is 8.87. The molecule has 0 bridgehead atoms. The van der Waals surface area contributed by atoms with E-state index in [9.17, 15) is 0 Å². The van der Waals surface area contributed by atoms with Crippen molar-refractivity contribution in [3.8, 4) is 112 Å². The van der Waals surface area contributed by atoms with Crippen LogP contribution >= 0.6 is 0 Å². The molecular weight excluding hydrogens is 799 g/mol. The Labute approximate surface area is 386 Å². The Hall–Kier alpha value is -8.79. The van der Waals surface area contributed by atoms with Crippen LogP contribution in [-0.4, -0.2) is 15.0 Å². The van der Waals surface area contributed by atoms with Gasteiger partial charge in [0.25, 0.3) is 0 Å². The maximum atomic E-state index is 5.65. The van der Waals surface area contributed by atoms with E-state index in [1.165, 1.54) is 11.1 Å². The molecule has 3 heteroatoms. The molecule has 11 rings (SSSR count). The lowest BCUT2D eigenvalue weighted by Crippen LogP contribution is -2.02. The molecule has 9 aromatic carbocycles. The molecule has 0 aliphatic heterocycles. The lowest BCUT2D eigenvalue weighted by atomic mass is 9.83. The highest BCUT2D eigenvalue weighted by atomic mass is 14.9. The number of hydrogen-bond acceptors (Lipinski definition) is 3. The number of rotatable bonds is 10. The lowest BCUT2D eigenvalue weighted by molar-refractivity contribution is 1.18. The van der Waals surface area contributed by atoms with E-state index in [2.05, 4.69) is 249 Å². The second kappa shape index (κ2) is 18.1. The molecule has 0 atom stereocenters. The highest BCUT2D eigenvalue weighted by molar-refractivity contribution is 6.05. The fourth-order valence-electron chi connectivity index (χ4n) is 8.87. The normalized spacial score (nSPS) is 11.0. The van der Waals surface area contributed by atoms with Gasteiger partial charge in [-0.15, -0.1) is 0 Å². The topological polar surface area (TPSA) is 38.7 Å². The zero-order chi connectivity index (χ0) is 44.1. The Morgan fingerprint density at radius 3 is 0.879 bits per heavy atom. The lowest BCUT2D eigenvalue weighted by Gasteiger charge is -2.23. The Bertz CT molecular complexity index is 3190. The van der Waals surface area contributed by atoms with E-state index in [1.807, 2.05) is 12.1 Å². The Balaban J connectivity index is 1.14. The summed E-state index contributed by atoms with van der Waals surface area (Å²) in [6.45, 7) is 0. The average Bonchev–Trinajstić information content (AvgIpc) is 3.42. The zero-order valence-electron chi connectivity index (χ0n) is 36.2. The Kier molecular flexibility index (Phi) is 11.0. The molecule has 66 heavy (non-hydrogen) atoms. The molecule has 0 aliphatic carbocycles. The number of benzene rings is 9. The van der Waals surface area contributed by atoms with Crippen LogP contribution in [0.5, 0.6) is 0 Å². The van der Waals surface area contributed by atoms with Crippen molar-refractivity contribution in [1.82, 2.24) is 15.0 Å². The van der Waals surface area contributed by atoms with Gasteiger partial charge in [-0.1, -0.05) is 249 Å². The molecule has 0 spiro atoms. The molecular formula is C63H43N3. The summed E-state index contributed by atoms with van der Waals surface area (Å²) in [6.07, 6.45) is 0. The molecule has 310 valence electrons. The molecule has 0 N–H and O–H groups in total. The predicted octanol–water partition coefficient (Wildman–Crippen LogP) is 16.5. The summed E-state index contributed by atoms with van der Waals surface area (Å²) >= 11 is 0. The van der Waals surface area contributed by atoms with Crippen molar-refractivity contribution in [2.75, 3.05) is 0 Å². The van der Waals surface area contributed by atoms with Crippen molar-refractivity contribution >= 4 is 0 Å². The summed E-state index contributed by atoms with van der Waals surface area (Å²) < 4.78 is 0. The maximum Gasteiger partial charge on any atom is 0.160 e. The van der Waals surface area contributed by atoms with Gasteiger partial charge in [-0.3, -0.25) is 0 Å². The first-order valence-corrected chi connectivity index (χ1v) is 22.3. The quantitative estimate of drug-likeness (QED) is 0.138. The number of pyridine rings is 1. The molecule has 0 saturated heterocycles. The highest BCUT2D eigenvalue weighted by Gasteiger charge is 2.25. The molecule has 2 heterocycles. The third kappa shape index (κ3) is 8.14. The molecule has 0 unspecified atom stereocenters. The second-order valence-electron chi connectivity index (χ2n) is 16.3. The second-order valence-corrected chi connectivity index (χ2v) is 16.3.